The van der Waals surface area contributed by atoms with Crippen molar-refractivity contribution in [3.8, 4) is 0 Å². The van der Waals surface area contributed by atoms with E-state index in [-0.39, 0.29) is 11.9 Å². The Morgan fingerprint density at radius 1 is 1.13 bits per heavy atom. The number of hydrogen-bond donors (Lipinski definition) is 0. The predicted molar refractivity (Wildman–Crippen MR) is 86.8 cm³/mol. The third-order valence-corrected chi connectivity index (χ3v) is 4.75. The van der Waals surface area contributed by atoms with Crippen LogP contribution in [0.3, 0.4) is 0 Å². The second-order valence-electron chi connectivity index (χ2n) is 6.69. The number of likely N-dealkylation sites (tertiary alicyclic amines) is 2. The summed E-state index contributed by atoms with van der Waals surface area (Å²) < 4.78 is 0. The highest BCUT2D eigenvalue weighted by molar-refractivity contribution is 5.76. The van der Waals surface area contributed by atoms with Crippen LogP contribution in [0.25, 0.3) is 0 Å². The summed E-state index contributed by atoms with van der Waals surface area (Å²) in [6.45, 7) is 4.40. The van der Waals surface area contributed by atoms with Crippen molar-refractivity contribution in [1.82, 2.24) is 19.6 Å². The molecule has 2 aliphatic rings. The Morgan fingerprint density at radius 2 is 1.83 bits per heavy atom. The Bertz CT molecular complexity index is 437. The first-order chi connectivity index (χ1) is 11.0. The minimum atomic E-state index is 0.0445. The molecule has 0 aromatic rings. The second kappa shape index (κ2) is 8.17. The number of amides is 4. The lowest BCUT2D eigenvalue weighted by molar-refractivity contribution is -0.131. The van der Waals surface area contributed by atoms with Crippen molar-refractivity contribution >= 4 is 18.3 Å². The SMILES string of the molecule is CN(C=O)CCC(=O)N(C)CC1CCN(C(=O)N2CCCC2)C1. The van der Waals surface area contributed by atoms with Crippen LogP contribution >= 0.6 is 0 Å². The third-order valence-electron chi connectivity index (χ3n) is 4.75. The van der Waals surface area contributed by atoms with E-state index in [4.69, 9.17) is 0 Å². The maximum absolute atomic E-state index is 12.4. The standard InChI is InChI=1S/C16H28N4O3/c1-17(13-21)9-6-15(22)18(2)11-14-5-10-20(12-14)16(23)19-7-3-4-8-19/h13-14H,3-12H2,1-2H3. The van der Waals surface area contributed by atoms with Crippen molar-refractivity contribution in [2.45, 2.75) is 25.7 Å². The molecule has 0 spiro atoms. The topological polar surface area (TPSA) is 64.2 Å². The largest absolute Gasteiger partial charge is 0.348 e. The summed E-state index contributed by atoms with van der Waals surface area (Å²) in [6.07, 6.45) is 4.23. The highest BCUT2D eigenvalue weighted by atomic mass is 16.2. The molecule has 130 valence electrons. The van der Waals surface area contributed by atoms with Gasteiger partial charge in [-0.25, -0.2) is 4.79 Å². The monoisotopic (exact) mass is 324 g/mol. The molecule has 0 aromatic carbocycles. The van der Waals surface area contributed by atoms with Gasteiger partial charge >= 0.3 is 6.03 Å². The Kier molecular flexibility index (Phi) is 6.24. The van der Waals surface area contributed by atoms with Gasteiger partial charge in [-0.1, -0.05) is 0 Å². The van der Waals surface area contributed by atoms with Crippen LogP contribution in [0.2, 0.25) is 0 Å². The molecule has 2 aliphatic heterocycles. The predicted octanol–water partition coefficient (Wildman–Crippen LogP) is 0.461. The number of rotatable bonds is 6. The number of carbonyl (C=O) groups excluding carboxylic acids is 3. The van der Waals surface area contributed by atoms with Crippen LogP contribution in [0.15, 0.2) is 0 Å². The first-order valence-corrected chi connectivity index (χ1v) is 8.44. The zero-order valence-electron chi connectivity index (χ0n) is 14.2. The van der Waals surface area contributed by atoms with E-state index in [1.807, 2.05) is 9.80 Å². The quantitative estimate of drug-likeness (QED) is 0.667. The molecule has 1 atom stereocenters. The number of nitrogens with zero attached hydrogens (tertiary/aromatic N) is 4. The van der Waals surface area contributed by atoms with Gasteiger partial charge in [-0.05, 0) is 25.2 Å². The van der Waals surface area contributed by atoms with Gasteiger partial charge in [0.05, 0.1) is 0 Å². The molecule has 0 saturated carbocycles. The molecule has 7 nitrogen and oxygen atoms in total. The van der Waals surface area contributed by atoms with Crippen LogP contribution in [0.4, 0.5) is 4.79 Å². The minimum absolute atomic E-state index is 0.0445. The summed E-state index contributed by atoms with van der Waals surface area (Å²) in [6, 6.07) is 0.159. The molecule has 7 heteroatoms. The van der Waals surface area contributed by atoms with Gasteiger partial charge < -0.3 is 19.6 Å². The summed E-state index contributed by atoms with van der Waals surface area (Å²) in [5, 5.41) is 0. The van der Waals surface area contributed by atoms with Crippen LogP contribution in [0, 0.1) is 5.92 Å². The highest BCUT2D eigenvalue weighted by Crippen LogP contribution is 2.20. The van der Waals surface area contributed by atoms with Gasteiger partial charge in [-0.15, -0.1) is 0 Å². The molecule has 0 aliphatic carbocycles. The Balaban J connectivity index is 1.72. The van der Waals surface area contributed by atoms with Crippen molar-refractivity contribution in [1.29, 1.82) is 0 Å². The van der Waals surface area contributed by atoms with E-state index >= 15 is 0 Å². The van der Waals surface area contributed by atoms with E-state index in [2.05, 4.69) is 0 Å². The molecule has 23 heavy (non-hydrogen) atoms. The summed E-state index contributed by atoms with van der Waals surface area (Å²) in [5.41, 5.74) is 0. The van der Waals surface area contributed by atoms with Crippen molar-refractivity contribution in [3.05, 3.63) is 0 Å². The average Bonchev–Trinajstić information content (AvgIpc) is 3.23. The molecule has 0 N–H and O–H groups in total. The lowest BCUT2D eigenvalue weighted by Gasteiger charge is -2.25. The number of hydrogen-bond acceptors (Lipinski definition) is 3. The van der Waals surface area contributed by atoms with Crippen molar-refractivity contribution in [2.75, 3.05) is 53.4 Å². The van der Waals surface area contributed by atoms with E-state index in [9.17, 15) is 14.4 Å². The third kappa shape index (κ3) is 4.84. The smallest absolute Gasteiger partial charge is 0.320 e. The van der Waals surface area contributed by atoms with E-state index in [0.29, 0.717) is 25.4 Å². The van der Waals surface area contributed by atoms with Crippen molar-refractivity contribution in [2.24, 2.45) is 5.92 Å². The normalized spacial score (nSPS) is 20.7. The van der Waals surface area contributed by atoms with Gasteiger partial charge in [0.1, 0.15) is 0 Å². The Hall–Kier alpha value is -1.79. The summed E-state index contributed by atoms with van der Waals surface area (Å²) in [4.78, 5) is 42.0. The van der Waals surface area contributed by atoms with Crippen molar-refractivity contribution < 1.29 is 14.4 Å². The maximum Gasteiger partial charge on any atom is 0.320 e. The highest BCUT2D eigenvalue weighted by Gasteiger charge is 2.31. The lowest BCUT2D eigenvalue weighted by Crippen LogP contribution is -2.41. The van der Waals surface area contributed by atoms with Crippen LogP contribution < -0.4 is 0 Å². The Morgan fingerprint density at radius 3 is 2.48 bits per heavy atom. The molecule has 2 fully saturated rings. The van der Waals surface area contributed by atoms with Gasteiger partial charge in [-0.3, -0.25) is 9.59 Å². The van der Waals surface area contributed by atoms with Gasteiger partial charge in [0.2, 0.25) is 12.3 Å². The van der Waals surface area contributed by atoms with Crippen LogP contribution in [0.5, 0.6) is 0 Å². The summed E-state index contributed by atoms with van der Waals surface area (Å²) in [5.74, 6) is 0.391. The summed E-state index contributed by atoms with van der Waals surface area (Å²) in [7, 11) is 3.47. The van der Waals surface area contributed by atoms with Crippen LogP contribution in [-0.4, -0.2) is 91.3 Å². The second-order valence-corrected chi connectivity index (χ2v) is 6.69. The Labute approximate surface area is 138 Å². The fourth-order valence-electron chi connectivity index (χ4n) is 3.27. The van der Waals surface area contributed by atoms with Gasteiger partial charge in [-0.2, -0.15) is 0 Å². The molecular formula is C16H28N4O3. The number of urea groups is 1. The fourth-order valence-corrected chi connectivity index (χ4v) is 3.27. The molecule has 2 rings (SSSR count). The molecule has 0 radical (unpaired) electrons. The molecule has 0 aromatic heterocycles. The first kappa shape index (κ1) is 17.6. The minimum Gasteiger partial charge on any atom is -0.348 e. The average molecular weight is 324 g/mol. The van der Waals surface area contributed by atoms with Gasteiger partial charge in [0, 0.05) is 59.8 Å². The van der Waals surface area contributed by atoms with Crippen molar-refractivity contribution in [3.63, 3.8) is 0 Å². The van der Waals surface area contributed by atoms with E-state index < -0.39 is 0 Å². The molecule has 0 bridgehead atoms. The van der Waals surface area contributed by atoms with Gasteiger partial charge in [0.15, 0.2) is 0 Å². The fraction of sp³-hybridized carbons (Fsp3) is 0.812. The van der Waals surface area contributed by atoms with E-state index in [1.165, 1.54) is 4.90 Å². The van der Waals surface area contributed by atoms with Crippen LogP contribution in [0.1, 0.15) is 25.7 Å². The molecule has 2 saturated heterocycles. The van der Waals surface area contributed by atoms with E-state index in [0.717, 1.165) is 51.9 Å². The maximum atomic E-state index is 12.4. The molecule has 2 heterocycles. The molecule has 1 unspecified atom stereocenters. The first-order valence-electron chi connectivity index (χ1n) is 8.44. The molecular weight excluding hydrogens is 296 g/mol. The zero-order valence-corrected chi connectivity index (χ0v) is 14.2. The van der Waals surface area contributed by atoms with E-state index in [1.54, 1.807) is 19.0 Å². The lowest BCUT2D eigenvalue weighted by atomic mass is 10.1. The molecule has 4 amide bonds. The van der Waals surface area contributed by atoms with Crippen LogP contribution in [-0.2, 0) is 9.59 Å². The number of carbonyl (C=O) groups is 3. The summed E-state index contributed by atoms with van der Waals surface area (Å²) >= 11 is 0. The van der Waals surface area contributed by atoms with Gasteiger partial charge in [0.25, 0.3) is 0 Å². The zero-order chi connectivity index (χ0) is 16.8.